The Morgan fingerprint density at radius 3 is 3.00 bits per heavy atom. The Morgan fingerprint density at radius 1 is 1.50 bits per heavy atom. The molecule has 2 rings (SSSR count). The van der Waals surface area contributed by atoms with Crippen molar-refractivity contribution in [3.63, 3.8) is 0 Å². The monoisotopic (exact) mass is 188 g/mol. The Kier molecular flexibility index (Phi) is 2.28. The van der Waals surface area contributed by atoms with Crippen molar-refractivity contribution in [1.82, 2.24) is 9.38 Å². The maximum atomic E-state index is 4.61. The molecule has 2 aromatic heterocycles. The van der Waals surface area contributed by atoms with E-state index in [1.807, 2.05) is 0 Å². The van der Waals surface area contributed by atoms with E-state index in [4.69, 9.17) is 0 Å². The van der Waals surface area contributed by atoms with Crippen molar-refractivity contribution >= 4 is 5.65 Å². The molecule has 0 bridgehead atoms. The van der Waals surface area contributed by atoms with Gasteiger partial charge in [-0.05, 0) is 37.0 Å². The molecule has 0 fully saturated rings. The molecular formula is C12H16N2. The van der Waals surface area contributed by atoms with Gasteiger partial charge in [0, 0.05) is 12.4 Å². The fourth-order valence-corrected chi connectivity index (χ4v) is 1.55. The Bertz CT molecular complexity index is 443. The zero-order valence-electron chi connectivity index (χ0n) is 8.99. The summed E-state index contributed by atoms with van der Waals surface area (Å²) in [5.41, 5.74) is 3.51. The van der Waals surface area contributed by atoms with Crippen LogP contribution in [0, 0.1) is 6.92 Å². The summed E-state index contributed by atoms with van der Waals surface area (Å²) < 4.78 is 2.09. The minimum absolute atomic E-state index is 0.551. The molecule has 2 heterocycles. The maximum absolute atomic E-state index is 4.61. The number of aromatic nitrogens is 2. The molecule has 0 N–H and O–H groups in total. The summed E-state index contributed by atoms with van der Waals surface area (Å²) in [4.78, 5) is 4.61. The van der Waals surface area contributed by atoms with Crippen molar-refractivity contribution < 1.29 is 0 Å². The first-order chi connectivity index (χ1) is 6.70. The molecule has 74 valence electrons. The van der Waals surface area contributed by atoms with Gasteiger partial charge in [0.05, 0.1) is 5.69 Å². The summed E-state index contributed by atoms with van der Waals surface area (Å²) in [5, 5.41) is 0. The van der Waals surface area contributed by atoms with Gasteiger partial charge >= 0.3 is 0 Å². The highest BCUT2D eigenvalue weighted by atomic mass is 15.0. The predicted molar refractivity (Wildman–Crippen MR) is 58.6 cm³/mol. The summed E-state index contributed by atoms with van der Waals surface area (Å²) in [6, 6.07) is 4.22. The molecule has 2 nitrogen and oxygen atoms in total. The standard InChI is InChI=1S/C12H16N2/c1-4-10(3)11-8-14-6-5-9(2)7-12(14)13-11/h5-8,10H,4H2,1-3H3. The van der Waals surface area contributed by atoms with Crippen molar-refractivity contribution in [1.29, 1.82) is 0 Å². The van der Waals surface area contributed by atoms with Crippen LogP contribution in [-0.2, 0) is 0 Å². The van der Waals surface area contributed by atoms with E-state index in [0.717, 1.165) is 12.1 Å². The number of hydrogen-bond acceptors (Lipinski definition) is 1. The number of pyridine rings is 1. The molecule has 2 aromatic rings. The van der Waals surface area contributed by atoms with Crippen molar-refractivity contribution in [2.24, 2.45) is 0 Å². The minimum atomic E-state index is 0.551. The van der Waals surface area contributed by atoms with E-state index in [1.165, 1.54) is 11.3 Å². The van der Waals surface area contributed by atoms with Crippen molar-refractivity contribution in [3.8, 4) is 0 Å². The van der Waals surface area contributed by atoms with Crippen LogP contribution >= 0.6 is 0 Å². The molecule has 14 heavy (non-hydrogen) atoms. The number of hydrogen-bond donors (Lipinski definition) is 0. The predicted octanol–water partition coefficient (Wildman–Crippen LogP) is 3.16. The van der Waals surface area contributed by atoms with Gasteiger partial charge in [-0.25, -0.2) is 4.98 Å². The highest BCUT2D eigenvalue weighted by Gasteiger charge is 2.07. The molecule has 0 saturated heterocycles. The third-order valence-electron chi connectivity index (χ3n) is 2.75. The summed E-state index contributed by atoms with van der Waals surface area (Å²) in [7, 11) is 0. The van der Waals surface area contributed by atoms with Gasteiger partial charge in [-0.1, -0.05) is 13.8 Å². The molecule has 0 amide bonds. The van der Waals surface area contributed by atoms with E-state index in [9.17, 15) is 0 Å². The average Bonchev–Trinajstić information content (AvgIpc) is 2.59. The molecule has 2 heteroatoms. The lowest BCUT2D eigenvalue weighted by molar-refractivity contribution is 0.714. The molecule has 1 atom stereocenters. The second-order valence-corrected chi connectivity index (χ2v) is 3.94. The molecule has 0 aromatic carbocycles. The largest absolute Gasteiger partial charge is 0.307 e. The van der Waals surface area contributed by atoms with Crippen LogP contribution in [0.4, 0.5) is 0 Å². The fourth-order valence-electron chi connectivity index (χ4n) is 1.55. The number of imidazole rings is 1. The number of aryl methyl sites for hydroxylation is 1. The Balaban J connectivity index is 2.51. The normalized spacial score (nSPS) is 13.4. The van der Waals surface area contributed by atoms with Crippen molar-refractivity contribution in [2.75, 3.05) is 0 Å². The van der Waals surface area contributed by atoms with Gasteiger partial charge in [0.25, 0.3) is 0 Å². The van der Waals surface area contributed by atoms with Crippen LogP contribution < -0.4 is 0 Å². The summed E-state index contributed by atoms with van der Waals surface area (Å²) in [6.45, 7) is 6.51. The molecule has 0 aliphatic rings. The lowest BCUT2D eigenvalue weighted by atomic mass is 10.1. The Morgan fingerprint density at radius 2 is 2.29 bits per heavy atom. The summed E-state index contributed by atoms with van der Waals surface area (Å²) in [6.07, 6.45) is 5.34. The minimum Gasteiger partial charge on any atom is -0.307 e. The quantitative estimate of drug-likeness (QED) is 0.707. The van der Waals surface area contributed by atoms with Crippen LogP contribution in [0.25, 0.3) is 5.65 Å². The van der Waals surface area contributed by atoms with E-state index < -0.39 is 0 Å². The van der Waals surface area contributed by atoms with Crippen LogP contribution in [0.15, 0.2) is 24.5 Å². The van der Waals surface area contributed by atoms with E-state index >= 15 is 0 Å². The first kappa shape index (κ1) is 9.25. The summed E-state index contributed by atoms with van der Waals surface area (Å²) in [5.74, 6) is 0.551. The van der Waals surface area contributed by atoms with Gasteiger partial charge in [-0.3, -0.25) is 0 Å². The van der Waals surface area contributed by atoms with Gasteiger partial charge in [-0.15, -0.1) is 0 Å². The second kappa shape index (κ2) is 3.45. The SMILES string of the molecule is CCC(C)c1cn2ccc(C)cc2n1. The zero-order valence-corrected chi connectivity index (χ0v) is 8.99. The molecular weight excluding hydrogens is 172 g/mol. The molecule has 0 aliphatic carbocycles. The first-order valence-corrected chi connectivity index (χ1v) is 5.16. The molecule has 1 unspecified atom stereocenters. The van der Waals surface area contributed by atoms with Crippen LogP contribution in [-0.4, -0.2) is 9.38 Å². The van der Waals surface area contributed by atoms with Gasteiger partial charge in [0.2, 0.25) is 0 Å². The lowest BCUT2D eigenvalue weighted by Gasteiger charge is -2.01. The van der Waals surface area contributed by atoms with E-state index in [2.05, 4.69) is 54.7 Å². The second-order valence-electron chi connectivity index (χ2n) is 3.94. The smallest absolute Gasteiger partial charge is 0.137 e. The topological polar surface area (TPSA) is 17.3 Å². The number of rotatable bonds is 2. The van der Waals surface area contributed by atoms with E-state index in [1.54, 1.807) is 0 Å². The third-order valence-corrected chi connectivity index (χ3v) is 2.75. The first-order valence-electron chi connectivity index (χ1n) is 5.16. The Hall–Kier alpha value is -1.31. The van der Waals surface area contributed by atoms with E-state index in [0.29, 0.717) is 5.92 Å². The van der Waals surface area contributed by atoms with Gasteiger partial charge in [0.15, 0.2) is 0 Å². The molecule has 0 radical (unpaired) electrons. The van der Waals surface area contributed by atoms with Gasteiger partial charge < -0.3 is 4.40 Å². The van der Waals surface area contributed by atoms with Crippen LogP contribution in [0.1, 0.15) is 37.4 Å². The van der Waals surface area contributed by atoms with Gasteiger partial charge in [-0.2, -0.15) is 0 Å². The van der Waals surface area contributed by atoms with Crippen LogP contribution in [0.3, 0.4) is 0 Å². The van der Waals surface area contributed by atoms with Crippen LogP contribution in [0.2, 0.25) is 0 Å². The Labute approximate surface area is 84.6 Å². The molecule has 0 saturated carbocycles. The highest BCUT2D eigenvalue weighted by molar-refractivity contribution is 5.43. The highest BCUT2D eigenvalue weighted by Crippen LogP contribution is 2.18. The summed E-state index contributed by atoms with van der Waals surface area (Å²) >= 11 is 0. The lowest BCUT2D eigenvalue weighted by Crippen LogP contribution is -1.89. The van der Waals surface area contributed by atoms with Crippen molar-refractivity contribution in [2.45, 2.75) is 33.1 Å². The zero-order chi connectivity index (χ0) is 10.1. The number of nitrogens with zero attached hydrogens (tertiary/aromatic N) is 2. The molecule has 0 aliphatic heterocycles. The van der Waals surface area contributed by atoms with Crippen molar-refractivity contribution in [3.05, 3.63) is 35.8 Å². The van der Waals surface area contributed by atoms with Crippen LogP contribution in [0.5, 0.6) is 0 Å². The average molecular weight is 188 g/mol. The number of fused-ring (bicyclic) bond motifs is 1. The van der Waals surface area contributed by atoms with E-state index in [-0.39, 0.29) is 0 Å². The molecule has 0 spiro atoms. The fraction of sp³-hybridized carbons (Fsp3) is 0.417. The third kappa shape index (κ3) is 1.52. The maximum Gasteiger partial charge on any atom is 0.137 e. The van der Waals surface area contributed by atoms with Gasteiger partial charge in [0.1, 0.15) is 5.65 Å².